The summed E-state index contributed by atoms with van der Waals surface area (Å²) >= 11 is 1.46. The van der Waals surface area contributed by atoms with Crippen LogP contribution in [0.25, 0.3) is 10.2 Å². The normalized spacial score (nSPS) is 11.7. The number of hydrogen-bond donors (Lipinski definition) is 1. The maximum absolute atomic E-state index is 12.3. The molecule has 136 valence electrons. The van der Waals surface area contributed by atoms with Gasteiger partial charge in [-0.25, -0.2) is 13.4 Å². The van der Waals surface area contributed by atoms with Crippen molar-refractivity contribution in [3.8, 4) is 0 Å². The fourth-order valence-corrected chi connectivity index (χ4v) is 4.55. The van der Waals surface area contributed by atoms with Crippen LogP contribution in [0.15, 0.2) is 41.3 Å². The van der Waals surface area contributed by atoms with Gasteiger partial charge in [0.15, 0.2) is 15.0 Å². The van der Waals surface area contributed by atoms with Gasteiger partial charge in [-0.05, 0) is 42.7 Å². The third-order valence-electron chi connectivity index (χ3n) is 4.22. The number of nitrogens with zero attached hydrogens (tertiary/aromatic N) is 1. The van der Waals surface area contributed by atoms with Gasteiger partial charge in [0.1, 0.15) is 0 Å². The predicted molar refractivity (Wildman–Crippen MR) is 106 cm³/mol. The smallest absolute Gasteiger partial charge is 0.230 e. The summed E-state index contributed by atoms with van der Waals surface area (Å²) in [6, 6.07) is 10.5. The molecule has 0 aliphatic heterocycles. The first kappa shape index (κ1) is 18.5. The zero-order valence-corrected chi connectivity index (χ0v) is 16.5. The van der Waals surface area contributed by atoms with Gasteiger partial charge in [-0.2, -0.15) is 0 Å². The average Bonchev–Trinajstić information content (AvgIpc) is 3.03. The Labute approximate surface area is 157 Å². The van der Waals surface area contributed by atoms with E-state index in [0.717, 1.165) is 26.9 Å². The highest BCUT2D eigenvalue weighted by molar-refractivity contribution is 7.91. The standard InChI is InChI=1S/C19H20N2O3S2/c1-4-26(23,24)15-9-7-14(8-10-15)11-16(22)20-19-21-17-12(2)5-6-13(3)18(17)25-19/h5-10H,4,11H2,1-3H3,(H,20,21,22). The molecule has 0 saturated carbocycles. The fraction of sp³-hybridized carbons (Fsp3) is 0.263. The van der Waals surface area contributed by atoms with Crippen molar-refractivity contribution in [2.45, 2.75) is 32.1 Å². The number of nitrogens with one attached hydrogen (secondary N) is 1. The summed E-state index contributed by atoms with van der Waals surface area (Å²) in [4.78, 5) is 17.1. The number of anilines is 1. The maximum atomic E-state index is 12.3. The SMILES string of the molecule is CCS(=O)(=O)c1ccc(CC(=O)Nc2nc3c(C)ccc(C)c3s2)cc1. The molecule has 1 heterocycles. The Morgan fingerprint density at radius 1 is 1.08 bits per heavy atom. The van der Waals surface area contributed by atoms with Gasteiger partial charge in [0, 0.05) is 0 Å². The fourth-order valence-electron chi connectivity index (χ4n) is 2.64. The van der Waals surface area contributed by atoms with Crippen LogP contribution in [0, 0.1) is 13.8 Å². The van der Waals surface area contributed by atoms with Crippen molar-refractivity contribution < 1.29 is 13.2 Å². The second kappa shape index (κ2) is 7.17. The van der Waals surface area contributed by atoms with Crippen LogP contribution in [0.2, 0.25) is 0 Å². The minimum atomic E-state index is -3.22. The molecule has 5 nitrogen and oxygen atoms in total. The third kappa shape index (κ3) is 3.78. The van der Waals surface area contributed by atoms with Crippen LogP contribution in [-0.4, -0.2) is 25.1 Å². The molecule has 0 fully saturated rings. The lowest BCUT2D eigenvalue weighted by atomic mass is 10.1. The molecule has 7 heteroatoms. The lowest BCUT2D eigenvalue weighted by Gasteiger charge is -2.04. The van der Waals surface area contributed by atoms with E-state index in [1.165, 1.54) is 11.3 Å². The number of fused-ring (bicyclic) bond motifs is 1. The highest BCUT2D eigenvalue weighted by atomic mass is 32.2. The summed E-state index contributed by atoms with van der Waals surface area (Å²) in [5.74, 6) is -0.117. The first-order valence-corrected chi connectivity index (χ1v) is 10.8. The summed E-state index contributed by atoms with van der Waals surface area (Å²) in [5, 5.41) is 3.42. The molecule has 1 aromatic heterocycles. The molecule has 0 unspecified atom stereocenters. The minimum Gasteiger partial charge on any atom is -0.302 e. The Balaban J connectivity index is 1.73. The van der Waals surface area contributed by atoms with Gasteiger partial charge >= 0.3 is 0 Å². The van der Waals surface area contributed by atoms with Crippen molar-refractivity contribution in [1.29, 1.82) is 0 Å². The van der Waals surface area contributed by atoms with E-state index in [2.05, 4.69) is 10.3 Å². The van der Waals surface area contributed by atoms with E-state index >= 15 is 0 Å². The molecular weight excluding hydrogens is 368 g/mol. The van der Waals surface area contributed by atoms with Crippen molar-refractivity contribution in [2.24, 2.45) is 0 Å². The molecule has 1 N–H and O–H groups in total. The monoisotopic (exact) mass is 388 g/mol. The molecule has 0 bridgehead atoms. The largest absolute Gasteiger partial charge is 0.302 e. The summed E-state index contributed by atoms with van der Waals surface area (Å²) in [5.41, 5.74) is 3.89. The van der Waals surface area contributed by atoms with E-state index in [1.54, 1.807) is 31.2 Å². The number of aromatic nitrogens is 1. The molecule has 0 aliphatic rings. The molecule has 0 aliphatic carbocycles. The van der Waals surface area contributed by atoms with E-state index < -0.39 is 9.84 Å². The molecule has 2 aromatic carbocycles. The molecule has 3 rings (SSSR count). The Bertz CT molecular complexity index is 1030. The summed E-state index contributed by atoms with van der Waals surface area (Å²) in [6.45, 7) is 5.63. The first-order valence-electron chi connectivity index (χ1n) is 8.28. The molecule has 0 atom stereocenters. The number of aryl methyl sites for hydroxylation is 2. The number of amides is 1. The predicted octanol–water partition coefficient (Wildman–Crippen LogP) is 3.89. The average molecular weight is 389 g/mol. The molecule has 1 amide bonds. The molecule has 3 aromatic rings. The quantitative estimate of drug-likeness (QED) is 0.719. The van der Waals surface area contributed by atoms with Gasteiger partial charge in [-0.1, -0.05) is 42.5 Å². The molecule has 0 spiro atoms. The highest BCUT2D eigenvalue weighted by Crippen LogP contribution is 2.30. The number of rotatable bonds is 5. The highest BCUT2D eigenvalue weighted by Gasteiger charge is 2.13. The van der Waals surface area contributed by atoms with Crippen LogP contribution in [0.3, 0.4) is 0 Å². The lowest BCUT2D eigenvalue weighted by molar-refractivity contribution is -0.115. The molecule has 26 heavy (non-hydrogen) atoms. The van der Waals surface area contributed by atoms with Crippen LogP contribution in [0.1, 0.15) is 23.6 Å². The van der Waals surface area contributed by atoms with E-state index in [-0.39, 0.29) is 23.0 Å². The van der Waals surface area contributed by atoms with Crippen molar-refractivity contribution in [3.63, 3.8) is 0 Å². The Morgan fingerprint density at radius 3 is 2.35 bits per heavy atom. The summed E-state index contributed by atoms with van der Waals surface area (Å²) in [7, 11) is -3.22. The second-order valence-electron chi connectivity index (χ2n) is 6.17. The topological polar surface area (TPSA) is 76.1 Å². The van der Waals surface area contributed by atoms with E-state index in [9.17, 15) is 13.2 Å². The van der Waals surface area contributed by atoms with Gasteiger partial charge in [-0.15, -0.1) is 0 Å². The zero-order valence-electron chi connectivity index (χ0n) is 14.9. The van der Waals surface area contributed by atoms with Crippen molar-refractivity contribution in [2.75, 3.05) is 11.1 Å². The van der Waals surface area contributed by atoms with Crippen LogP contribution in [0.4, 0.5) is 5.13 Å². The van der Waals surface area contributed by atoms with Crippen LogP contribution < -0.4 is 5.32 Å². The van der Waals surface area contributed by atoms with E-state index in [1.807, 2.05) is 26.0 Å². The van der Waals surface area contributed by atoms with Crippen LogP contribution in [-0.2, 0) is 21.1 Å². The lowest BCUT2D eigenvalue weighted by Crippen LogP contribution is -2.14. The number of carbonyl (C=O) groups excluding carboxylic acids is 1. The molecule has 0 saturated heterocycles. The Morgan fingerprint density at radius 2 is 1.73 bits per heavy atom. The van der Waals surface area contributed by atoms with Crippen molar-refractivity contribution in [3.05, 3.63) is 53.1 Å². The number of hydrogen-bond acceptors (Lipinski definition) is 5. The maximum Gasteiger partial charge on any atom is 0.230 e. The number of benzene rings is 2. The zero-order chi connectivity index (χ0) is 18.9. The summed E-state index contributed by atoms with van der Waals surface area (Å²) < 4.78 is 24.7. The van der Waals surface area contributed by atoms with Crippen molar-refractivity contribution >= 4 is 42.4 Å². The van der Waals surface area contributed by atoms with E-state index in [0.29, 0.717) is 5.13 Å². The van der Waals surface area contributed by atoms with Crippen LogP contribution >= 0.6 is 11.3 Å². The van der Waals surface area contributed by atoms with Crippen LogP contribution in [0.5, 0.6) is 0 Å². The van der Waals surface area contributed by atoms with Gasteiger partial charge in [0.25, 0.3) is 0 Å². The Kier molecular flexibility index (Phi) is 5.11. The molecule has 0 radical (unpaired) electrons. The van der Waals surface area contributed by atoms with Gasteiger partial charge in [0.05, 0.1) is 27.3 Å². The van der Waals surface area contributed by atoms with Crippen molar-refractivity contribution in [1.82, 2.24) is 4.98 Å². The third-order valence-corrected chi connectivity index (χ3v) is 7.07. The van der Waals surface area contributed by atoms with E-state index in [4.69, 9.17) is 0 Å². The summed E-state index contributed by atoms with van der Waals surface area (Å²) in [6.07, 6.45) is 0.167. The Hall–Kier alpha value is -2.25. The number of thiazole rings is 1. The first-order chi connectivity index (χ1) is 12.3. The molecular formula is C19H20N2O3S2. The number of carbonyl (C=O) groups is 1. The van der Waals surface area contributed by atoms with Gasteiger partial charge < -0.3 is 5.32 Å². The van der Waals surface area contributed by atoms with Gasteiger partial charge in [0.2, 0.25) is 5.91 Å². The minimum absolute atomic E-state index is 0.0588. The number of sulfone groups is 1. The van der Waals surface area contributed by atoms with Gasteiger partial charge in [-0.3, -0.25) is 4.79 Å². The second-order valence-corrected chi connectivity index (χ2v) is 9.45.